The Morgan fingerprint density at radius 3 is 2.53 bits per heavy atom. The molecule has 0 saturated carbocycles. The number of benzene rings is 2. The summed E-state index contributed by atoms with van der Waals surface area (Å²) in [4.78, 5) is 22.2. The summed E-state index contributed by atoms with van der Waals surface area (Å²) in [6.45, 7) is 5.00. The van der Waals surface area contributed by atoms with Gasteiger partial charge in [-0.25, -0.2) is 9.97 Å². The van der Waals surface area contributed by atoms with Crippen molar-refractivity contribution in [2.45, 2.75) is 26.3 Å². The van der Waals surface area contributed by atoms with E-state index in [-0.39, 0.29) is 11.9 Å². The molecule has 32 heavy (non-hydrogen) atoms. The number of hydrogen-bond donors (Lipinski definition) is 2. The molecule has 1 heterocycles. The summed E-state index contributed by atoms with van der Waals surface area (Å²) in [5, 5.41) is 7.09. The molecule has 1 amide bonds. The monoisotopic (exact) mass is 437 g/mol. The molecular formula is C24H31N5O3. The number of fused-ring (bicyclic) bond motifs is 1. The van der Waals surface area contributed by atoms with E-state index in [0.29, 0.717) is 23.9 Å². The molecule has 0 radical (unpaired) electrons. The van der Waals surface area contributed by atoms with Gasteiger partial charge in [0, 0.05) is 30.6 Å². The number of carbonyl (C=O) groups excluding carboxylic acids is 1. The maximum atomic E-state index is 11.3. The van der Waals surface area contributed by atoms with E-state index in [0.717, 1.165) is 35.1 Å². The van der Waals surface area contributed by atoms with Crippen LogP contribution < -0.4 is 20.1 Å². The number of aromatic nitrogens is 2. The van der Waals surface area contributed by atoms with E-state index in [4.69, 9.17) is 9.47 Å². The van der Waals surface area contributed by atoms with Gasteiger partial charge < -0.3 is 25.0 Å². The predicted molar refractivity (Wildman–Crippen MR) is 127 cm³/mol. The van der Waals surface area contributed by atoms with Crippen molar-refractivity contribution in [2.24, 2.45) is 0 Å². The molecule has 8 heteroatoms. The lowest BCUT2D eigenvalue weighted by Crippen LogP contribution is -2.23. The van der Waals surface area contributed by atoms with E-state index >= 15 is 0 Å². The van der Waals surface area contributed by atoms with E-state index in [1.165, 1.54) is 13.3 Å². The van der Waals surface area contributed by atoms with Crippen LogP contribution in [0.5, 0.6) is 11.5 Å². The second-order valence-corrected chi connectivity index (χ2v) is 7.92. The molecule has 3 aromatic rings. The van der Waals surface area contributed by atoms with Crippen LogP contribution in [0.15, 0.2) is 42.7 Å². The number of nitrogens with one attached hydrogen (secondary N) is 2. The number of amides is 1. The quantitative estimate of drug-likeness (QED) is 0.465. The van der Waals surface area contributed by atoms with Gasteiger partial charge >= 0.3 is 0 Å². The smallest absolute Gasteiger partial charge is 0.217 e. The third kappa shape index (κ3) is 6.07. The lowest BCUT2D eigenvalue weighted by Gasteiger charge is -2.15. The molecule has 0 aliphatic carbocycles. The van der Waals surface area contributed by atoms with Gasteiger partial charge in [-0.15, -0.1) is 0 Å². The van der Waals surface area contributed by atoms with Gasteiger partial charge in [0.15, 0.2) is 11.5 Å². The highest BCUT2D eigenvalue weighted by molar-refractivity contribution is 5.93. The van der Waals surface area contributed by atoms with Crippen LogP contribution in [0.2, 0.25) is 0 Å². The standard InChI is InChI=1S/C24H31N5O3/c1-16(27-17(2)30)18-7-9-19(10-8-18)28-24-20-13-23(32-12-6-11-29(3)4)22(31-5)14-21(20)25-15-26-24/h7-10,13-16H,6,11-12H2,1-5H3,(H,27,30)(H,25,26,28). The first-order valence-corrected chi connectivity index (χ1v) is 10.6. The summed E-state index contributed by atoms with van der Waals surface area (Å²) < 4.78 is 11.5. The second-order valence-electron chi connectivity index (χ2n) is 7.92. The Kier molecular flexibility index (Phi) is 7.83. The molecule has 1 aromatic heterocycles. The largest absolute Gasteiger partial charge is 0.493 e. The van der Waals surface area contributed by atoms with Crippen molar-refractivity contribution in [3.05, 3.63) is 48.3 Å². The van der Waals surface area contributed by atoms with E-state index in [2.05, 4.69) is 25.5 Å². The van der Waals surface area contributed by atoms with Gasteiger partial charge in [0.25, 0.3) is 0 Å². The molecule has 0 aliphatic rings. The third-order valence-corrected chi connectivity index (χ3v) is 5.02. The molecule has 170 valence electrons. The summed E-state index contributed by atoms with van der Waals surface area (Å²) in [7, 11) is 5.70. The lowest BCUT2D eigenvalue weighted by atomic mass is 10.1. The van der Waals surface area contributed by atoms with Gasteiger partial charge in [-0.05, 0) is 51.2 Å². The van der Waals surface area contributed by atoms with Crippen LogP contribution in [0.25, 0.3) is 10.9 Å². The number of carbonyl (C=O) groups is 1. The maximum Gasteiger partial charge on any atom is 0.217 e. The van der Waals surface area contributed by atoms with Gasteiger partial charge in [0.2, 0.25) is 5.91 Å². The first-order valence-electron chi connectivity index (χ1n) is 10.6. The predicted octanol–water partition coefficient (Wildman–Crippen LogP) is 3.91. The second kappa shape index (κ2) is 10.8. The van der Waals surface area contributed by atoms with Crippen LogP contribution in [0.3, 0.4) is 0 Å². The summed E-state index contributed by atoms with van der Waals surface area (Å²) in [5.74, 6) is 1.93. The number of hydrogen-bond acceptors (Lipinski definition) is 7. The highest BCUT2D eigenvalue weighted by atomic mass is 16.5. The van der Waals surface area contributed by atoms with Crippen LogP contribution in [0, 0.1) is 0 Å². The average molecular weight is 438 g/mol. The van der Waals surface area contributed by atoms with Crippen molar-refractivity contribution < 1.29 is 14.3 Å². The zero-order valence-corrected chi connectivity index (χ0v) is 19.3. The van der Waals surface area contributed by atoms with Crippen LogP contribution in [-0.4, -0.2) is 55.1 Å². The maximum absolute atomic E-state index is 11.3. The van der Waals surface area contributed by atoms with Gasteiger partial charge in [-0.3, -0.25) is 4.79 Å². The van der Waals surface area contributed by atoms with Crippen LogP contribution >= 0.6 is 0 Å². The number of rotatable bonds is 10. The Hall–Kier alpha value is -3.39. The van der Waals surface area contributed by atoms with Crippen LogP contribution in [0.1, 0.15) is 31.9 Å². The molecule has 1 atom stereocenters. The van der Waals surface area contributed by atoms with Crippen molar-refractivity contribution >= 4 is 28.3 Å². The zero-order chi connectivity index (χ0) is 23.1. The molecule has 1 unspecified atom stereocenters. The van der Waals surface area contributed by atoms with Gasteiger partial charge in [-0.1, -0.05) is 12.1 Å². The fourth-order valence-corrected chi connectivity index (χ4v) is 3.38. The van der Waals surface area contributed by atoms with Crippen LogP contribution in [0.4, 0.5) is 11.5 Å². The topological polar surface area (TPSA) is 88.6 Å². The fourth-order valence-electron chi connectivity index (χ4n) is 3.38. The van der Waals surface area contributed by atoms with E-state index < -0.39 is 0 Å². The van der Waals surface area contributed by atoms with Crippen molar-refractivity contribution in [1.82, 2.24) is 20.2 Å². The molecule has 2 aromatic carbocycles. The molecule has 0 spiro atoms. The minimum atomic E-state index is -0.0545. The van der Waals surface area contributed by atoms with Gasteiger partial charge in [0.05, 0.1) is 25.3 Å². The van der Waals surface area contributed by atoms with Gasteiger partial charge in [0.1, 0.15) is 12.1 Å². The van der Waals surface area contributed by atoms with Crippen LogP contribution in [-0.2, 0) is 4.79 Å². The Labute approximate surface area is 189 Å². The number of anilines is 2. The first-order chi connectivity index (χ1) is 15.4. The number of ether oxygens (including phenoxy) is 2. The molecule has 0 bridgehead atoms. The van der Waals surface area contributed by atoms with E-state index in [1.807, 2.05) is 57.4 Å². The summed E-state index contributed by atoms with van der Waals surface area (Å²) >= 11 is 0. The van der Waals surface area contributed by atoms with Crippen molar-refractivity contribution in [1.29, 1.82) is 0 Å². The molecule has 0 saturated heterocycles. The Balaban J connectivity index is 1.82. The molecule has 2 N–H and O–H groups in total. The minimum Gasteiger partial charge on any atom is -0.493 e. The SMILES string of the molecule is COc1cc2ncnc(Nc3ccc(C(C)NC(C)=O)cc3)c2cc1OCCCN(C)C. The summed E-state index contributed by atoms with van der Waals surface area (Å²) in [6.07, 6.45) is 2.43. The van der Waals surface area contributed by atoms with Gasteiger partial charge in [-0.2, -0.15) is 0 Å². The van der Waals surface area contributed by atoms with E-state index in [9.17, 15) is 4.79 Å². The van der Waals surface area contributed by atoms with E-state index in [1.54, 1.807) is 7.11 Å². The number of nitrogens with zero attached hydrogens (tertiary/aromatic N) is 3. The zero-order valence-electron chi connectivity index (χ0n) is 19.3. The normalized spacial score (nSPS) is 11.9. The third-order valence-electron chi connectivity index (χ3n) is 5.02. The first kappa shape index (κ1) is 23.3. The molecule has 8 nitrogen and oxygen atoms in total. The van der Waals surface area contributed by atoms with Crippen molar-refractivity contribution in [3.63, 3.8) is 0 Å². The fraction of sp³-hybridized carbons (Fsp3) is 0.375. The highest BCUT2D eigenvalue weighted by Crippen LogP contribution is 2.35. The average Bonchev–Trinajstić information content (AvgIpc) is 2.76. The summed E-state index contributed by atoms with van der Waals surface area (Å²) in [6, 6.07) is 11.6. The minimum absolute atomic E-state index is 0.0534. The highest BCUT2D eigenvalue weighted by Gasteiger charge is 2.13. The molecule has 0 aliphatic heterocycles. The Morgan fingerprint density at radius 2 is 1.88 bits per heavy atom. The Bertz CT molecular complexity index is 1050. The Morgan fingerprint density at radius 1 is 1.12 bits per heavy atom. The molecule has 3 rings (SSSR count). The van der Waals surface area contributed by atoms with Crippen molar-refractivity contribution in [2.75, 3.05) is 39.7 Å². The summed E-state index contributed by atoms with van der Waals surface area (Å²) in [5.41, 5.74) is 2.67. The lowest BCUT2D eigenvalue weighted by molar-refractivity contribution is -0.119. The molecular weight excluding hydrogens is 406 g/mol. The molecule has 0 fully saturated rings. The number of methoxy groups -OCH3 is 1. The van der Waals surface area contributed by atoms with Crippen molar-refractivity contribution in [3.8, 4) is 11.5 Å².